The molecule has 0 saturated carbocycles. The molecule has 4 N–H and O–H groups in total. The summed E-state index contributed by atoms with van der Waals surface area (Å²) in [7, 11) is 0. The molecule has 0 aromatic heterocycles. The molecule has 0 saturated heterocycles. The maximum absolute atomic E-state index is 11.8. The number of nitrogens with two attached hydrogens (primary N) is 1. The molecule has 0 bridgehead atoms. The first kappa shape index (κ1) is 17.2. The Kier molecular flexibility index (Phi) is 9.77. The Morgan fingerprint density at radius 2 is 2.00 bits per heavy atom. The van der Waals surface area contributed by atoms with Crippen LogP contribution in [0.25, 0.3) is 0 Å². The molecule has 0 aliphatic carbocycles. The molecule has 5 nitrogen and oxygen atoms in total. The Morgan fingerprint density at radius 1 is 1.33 bits per heavy atom. The quantitative estimate of drug-likeness (QED) is 0.519. The van der Waals surface area contributed by atoms with Crippen molar-refractivity contribution in [2.75, 3.05) is 18.6 Å². The first-order valence-corrected chi connectivity index (χ1v) is 7.64. The lowest BCUT2D eigenvalue weighted by Gasteiger charge is -2.17. The first-order valence-electron chi connectivity index (χ1n) is 6.25. The number of nitrogens with one attached hydrogen (secondary N) is 1. The number of carbonyl (C=O) groups excluding carboxylic acids is 1. The van der Waals surface area contributed by atoms with Crippen molar-refractivity contribution in [3.05, 3.63) is 0 Å². The van der Waals surface area contributed by atoms with Gasteiger partial charge >= 0.3 is 5.97 Å². The molecule has 0 radical (unpaired) electrons. The summed E-state index contributed by atoms with van der Waals surface area (Å²) in [4.78, 5) is 22.8. The monoisotopic (exact) mass is 276 g/mol. The Balaban J connectivity index is 4.14. The van der Waals surface area contributed by atoms with Gasteiger partial charge in [-0.3, -0.25) is 4.79 Å². The molecule has 0 aromatic rings. The zero-order chi connectivity index (χ0) is 14.0. The molecule has 2 unspecified atom stereocenters. The second-order valence-corrected chi connectivity index (χ2v) is 5.35. The maximum Gasteiger partial charge on any atom is 0.326 e. The molecule has 0 aliphatic rings. The van der Waals surface area contributed by atoms with E-state index in [-0.39, 0.29) is 11.8 Å². The number of carboxylic acids is 1. The van der Waals surface area contributed by atoms with E-state index < -0.39 is 12.0 Å². The molecule has 0 fully saturated rings. The molecule has 1 amide bonds. The molecular formula is C12H24N2O3S. The van der Waals surface area contributed by atoms with Crippen molar-refractivity contribution in [2.45, 2.75) is 38.6 Å². The second-order valence-electron chi connectivity index (χ2n) is 4.37. The van der Waals surface area contributed by atoms with Gasteiger partial charge in [0.1, 0.15) is 6.04 Å². The second kappa shape index (κ2) is 10.2. The minimum Gasteiger partial charge on any atom is -0.480 e. The van der Waals surface area contributed by atoms with Crippen molar-refractivity contribution < 1.29 is 14.7 Å². The largest absolute Gasteiger partial charge is 0.480 e. The normalized spacial score (nSPS) is 13.9. The lowest BCUT2D eigenvalue weighted by molar-refractivity contribution is -0.142. The summed E-state index contributed by atoms with van der Waals surface area (Å²) in [5.74, 6) is -0.394. The van der Waals surface area contributed by atoms with E-state index in [9.17, 15) is 9.59 Å². The van der Waals surface area contributed by atoms with Crippen LogP contribution < -0.4 is 11.1 Å². The molecular weight excluding hydrogens is 252 g/mol. The molecule has 106 valence electrons. The molecule has 0 spiro atoms. The number of carbonyl (C=O) groups is 2. The molecule has 0 aliphatic heterocycles. The predicted molar refractivity (Wildman–Crippen MR) is 74.6 cm³/mol. The fraction of sp³-hybridized carbons (Fsp3) is 0.833. The van der Waals surface area contributed by atoms with Crippen molar-refractivity contribution in [1.29, 1.82) is 0 Å². The van der Waals surface area contributed by atoms with E-state index in [0.29, 0.717) is 19.4 Å². The molecule has 6 heteroatoms. The average Bonchev–Trinajstić information content (AvgIpc) is 2.34. The zero-order valence-electron chi connectivity index (χ0n) is 11.1. The van der Waals surface area contributed by atoms with Gasteiger partial charge in [-0.1, -0.05) is 6.92 Å². The van der Waals surface area contributed by atoms with Gasteiger partial charge in [-0.05, 0) is 44.2 Å². The summed E-state index contributed by atoms with van der Waals surface area (Å²) < 4.78 is 0. The summed E-state index contributed by atoms with van der Waals surface area (Å²) in [5, 5.41) is 11.6. The van der Waals surface area contributed by atoms with Crippen LogP contribution in [0.3, 0.4) is 0 Å². The highest BCUT2D eigenvalue weighted by atomic mass is 32.2. The van der Waals surface area contributed by atoms with Gasteiger partial charge < -0.3 is 16.2 Å². The van der Waals surface area contributed by atoms with E-state index in [1.807, 2.05) is 13.2 Å². The smallest absolute Gasteiger partial charge is 0.326 e. The molecule has 2 atom stereocenters. The maximum atomic E-state index is 11.8. The SMILES string of the molecule is CSCCC(C)C(=O)NC(CCCCN)C(=O)O. The van der Waals surface area contributed by atoms with E-state index in [1.165, 1.54) is 0 Å². The van der Waals surface area contributed by atoms with Crippen LogP contribution in [-0.4, -0.2) is 41.6 Å². The molecule has 0 rings (SSSR count). The lowest BCUT2D eigenvalue weighted by Crippen LogP contribution is -2.43. The Labute approximate surface area is 113 Å². The van der Waals surface area contributed by atoms with Crippen LogP contribution in [-0.2, 0) is 9.59 Å². The highest BCUT2D eigenvalue weighted by Crippen LogP contribution is 2.08. The number of aliphatic carboxylic acids is 1. The van der Waals surface area contributed by atoms with E-state index in [0.717, 1.165) is 18.6 Å². The van der Waals surface area contributed by atoms with Crippen LogP contribution in [0, 0.1) is 5.92 Å². The third-order valence-corrected chi connectivity index (χ3v) is 3.41. The number of unbranched alkanes of at least 4 members (excludes halogenated alkanes) is 1. The van der Waals surface area contributed by atoms with Crippen LogP contribution >= 0.6 is 11.8 Å². The predicted octanol–water partition coefficient (Wildman–Crippen LogP) is 1.07. The fourth-order valence-electron chi connectivity index (χ4n) is 1.49. The summed E-state index contributed by atoms with van der Waals surface area (Å²) in [6.07, 6.45) is 4.68. The van der Waals surface area contributed by atoms with Gasteiger partial charge in [0.25, 0.3) is 0 Å². The number of hydrogen-bond donors (Lipinski definition) is 3. The van der Waals surface area contributed by atoms with Gasteiger partial charge in [-0.25, -0.2) is 4.79 Å². The first-order chi connectivity index (χ1) is 8.52. The minimum absolute atomic E-state index is 0.145. The van der Waals surface area contributed by atoms with Crippen molar-refractivity contribution in [3.63, 3.8) is 0 Å². The zero-order valence-corrected chi connectivity index (χ0v) is 12.0. The highest BCUT2D eigenvalue weighted by Gasteiger charge is 2.22. The van der Waals surface area contributed by atoms with Gasteiger partial charge in [0.15, 0.2) is 0 Å². The Morgan fingerprint density at radius 3 is 2.50 bits per heavy atom. The van der Waals surface area contributed by atoms with Crippen molar-refractivity contribution in [3.8, 4) is 0 Å². The number of rotatable bonds is 10. The van der Waals surface area contributed by atoms with E-state index >= 15 is 0 Å². The van der Waals surface area contributed by atoms with E-state index in [1.54, 1.807) is 11.8 Å². The number of hydrogen-bond acceptors (Lipinski definition) is 4. The van der Waals surface area contributed by atoms with Crippen LogP contribution in [0.2, 0.25) is 0 Å². The van der Waals surface area contributed by atoms with Crippen LogP contribution in [0.1, 0.15) is 32.6 Å². The Hall–Kier alpha value is -0.750. The third kappa shape index (κ3) is 7.55. The molecule has 0 aromatic carbocycles. The fourth-order valence-corrected chi connectivity index (χ4v) is 2.08. The topological polar surface area (TPSA) is 92.4 Å². The lowest BCUT2D eigenvalue weighted by atomic mass is 10.1. The Bertz CT molecular complexity index is 262. The van der Waals surface area contributed by atoms with Gasteiger partial charge in [-0.15, -0.1) is 0 Å². The van der Waals surface area contributed by atoms with Crippen LogP contribution in [0.15, 0.2) is 0 Å². The third-order valence-electron chi connectivity index (χ3n) is 2.76. The van der Waals surface area contributed by atoms with E-state index in [2.05, 4.69) is 5.32 Å². The van der Waals surface area contributed by atoms with E-state index in [4.69, 9.17) is 10.8 Å². The van der Waals surface area contributed by atoms with Crippen LogP contribution in [0.5, 0.6) is 0 Å². The summed E-state index contributed by atoms with van der Waals surface area (Å²) in [6, 6.07) is -0.791. The number of amides is 1. The molecule has 0 heterocycles. The number of thioether (sulfide) groups is 1. The molecule has 18 heavy (non-hydrogen) atoms. The van der Waals surface area contributed by atoms with Crippen molar-refractivity contribution in [1.82, 2.24) is 5.32 Å². The number of carboxylic acid groups (broad SMARTS) is 1. The van der Waals surface area contributed by atoms with Gasteiger partial charge in [0, 0.05) is 5.92 Å². The summed E-state index contributed by atoms with van der Waals surface area (Å²) in [6.45, 7) is 2.37. The van der Waals surface area contributed by atoms with Crippen LogP contribution in [0.4, 0.5) is 0 Å². The van der Waals surface area contributed by atoms with Gasteiger partial charge in [0.05, 0.1) is 0 Å². The van der Waals surface area contributed by atoms with Crippen molar-refractivity contribution in [2.24, 2.45) is 11.7 Å². The summed E-state index contributed by atoms with van der Waals surface area (Å²) >= 11 is 1.68. The highest BCUT2D eigenvalue weighted by molar-refractivity contribution is 7.98. The summed E-state index contributed by atoms with van der Waals surface area (Å²) in [5.41, 5.74) is 5.36. The van der Waals surface area contributed by atoms with Gasteiger partial charge in [-0.2, -0.15) is 11.8 Å². The minimum atomic E-state index is -0.975. The van der Waals surface area contributed by atoms with Crippen molar-refractivity contribution >= 4 is 23.6 Å². The standard InChI is InChI=1S/C12H24N2O3S/c1-9(6-8-18-2)11(15)14-10(12(16)17)5-3-4-7-13/h9-10H,3-8,13H2,1-2H3,(H,14,15)(H,16,17). The van der Waals surface area contributed by atoms with Gasteiger partial charge in [0.2, 0.25) is 5.91 Å². The average molecular weight is 276 g/mol.